The minimum Gasteiger partial charge on any atom is -0.491 e. The summed E-state index contributed by atoms with van der Waals surface area (Å²) in [6.45, 7) is 3.53. The van der Waals surface area contributed by atoms with Crippen molar-refractivity contribution in [1.29, 1.82) is 0 Å². The van der Waals surface area contributed by atoms with E-state index >= 15 is 0 Å². The Labute approximate surface area is 144 Å². The minimum atomic E-state index is -4.48. The largest absolute Gasteiger partial charge is 0.491 e. The number of rotatable bonds is 6. The highest BCUT2D eigenvalue weighted by Crippen LogP contribution is 2.34. The van der Waals surface area contributed by atoms with Crippen molar-refractivity contribution in [3.8, 4) is 5.75 Å². The van der Waals surface area contributed by atoms with Crippen LogP contribution in [0.1, 0.15) is 19.4 Å². The standard InChI is InChI=1S/C18H19F3N2O2/c1-12(2)25-14-9-7-13(8-10-14)23-17(24)11-22-16-6-4-3-5-15(16)18(19,20)21/h3-10,12,22H,11H2,1-2H3,(H,23,24). The second-order valence-electron chi connectivity index (χ2n) is 5.64. The fourth-order valence-corrected chi connectivity index (χ4v) is 2.15. The van der Waals surface area contributed by atoms with Crippen LogP contribution in [0.4, 0.5) is 24.5 Å². The van der Waals surface area contributed by atoms with Gasteiger partial charge in [-0.1, -0.05) is 12.1 Å². The quantitative estimate of drug-likeness (QED) is 0.802. The van der Waals surface area contributed by atoms with Crippen LogP contribution in [0.3, 0.4) is 0 Å². The summed E-state index contributed by atoms with van der Waals surface area (Å²) in [7, 11) is 0. The first kappa shape index (κ1) is 18.6. The summed E-state index contributed by atoms with van der Waals surface area (Å²) in [5.41, 5.74) is -0.407. The summed E-state index contributed by atoms with van der Waals surface area (Å²) in [6.07, 6.45) is -4.44. The van der Waals surface area contributed by atoms with Gasteiger partial charge in [0.15, 0.2) is 0 Å². The van der Waals surface area contributed by atoms with Crippen molar-refractivity contribution in [3.63, 3.8) is 0 Å². The summed E-state index contributed by atoms with van der Waals surface area (Å²) in [4.78, 5) is 11.9. The molecule has 0 saturated heterocycles. The van der Waals surface area contributed by atoms with Crippen LogP contribution in [0.5, 0.6) is 5.75 Å². The van der Waals surface area contributed by atoms with E-state index in [4.69, 9.17) is 4.74 Å². The molecule has 0 saturated carbocycles. The highest BCUT2D eigenvalue weighted by molar-refractivity contribution is 5.93. The lowest BCUT2D eigenvalue weighted by Crippen LogP contribution is -2.23. The number of anilines is 2. The van der Waals surface area contributed by atoms with Crippen molar-refractivity contribution in [2.75, 3.05) is 17.2 Å². The maximum atomic E-state index is 12.9. The maximum absolute atomic E-state index is 12.9. The molecule has 0 unspecified atom stereocenters. The lowest BCUT2D eigenvalue weighted by atomic mass is 10.1. The molecule has 1 amide bonds. The zero-order valence-corrected chi connectivity index (χ0v) is 13.9. The van der Waals surface area contributed by atoms with Crippen LogP contribution >= 0.6 is 0 Å². The van der Waals surface area contributed by atoms with Gasteiger partial charge in [0, 0.05) is 11.4 Å². The van der Waals surface area contributed by atoms with Gasteiger partial charge in [-0.3, -0.25) is 4.79 Å². The van der Waals surface area contributed by atoms with Crippen molar-refractivity contribution in [2.45, 2.75) is 26.1 Å². The van der Waals surface area contributed by atoms with Gasteiger partial charge in [0.25, 0.3) is 0 Å². The third kappa shape index (κ3) is 5.70. The van der Waals surface area contributed by atoms with E-state index in [1.807, 2.05) is 13.8 Å². The SMILES string of the molecule is CC(C)Oc1ccc(NC(=O)CNc2ccccc2C(F)(F)F)cc1. The molecule has 2 N–H and O–H groups in total. The Morgan fingerprint density at radius 2 is 1.72 bits per heavy atom. The van der Waals surface area contributed by atoms with Gasteiger partial charge in [-0.2, -0.15) is 13.2 Å². The Hall–Kier alpha value is -2.70. The van der Waals surface area contributed by atoms with Crippen molar-refractivity contribution < 1.29 is 22.7 Å². The van der Waals surface area contributed by atoms with E-state index in [0.29, 0.717) is 11.4 Å². The number of amides is 1. The number of para-hydroxylation sites is 1. The average molecular weight is 352 g/mol. The summed E-state index contributed by atoms with van der Waals surface area (Å²) in [6, 6.07) is 11.8. The van der Waals surface area contributed by atoms with Crippen LogP contribution in [0, 0.1) is 0 Å². The maximum Gasteiger partial charge on any atom is 0.418 e. The van der Waals surface area contributed by atoms with Crippen LogP contribution in [-0.4, -0.2) is 18.6 Å². The van der Waals surface area contributed by atoms with Crippen LogP contribution in [0.15, 0.2) is 48.5 Å². The van der Waals surface area contributed by atoms with E-state index in [9.17, 15) is 18.0 Å². The highest BCUT2D eigenvalue weighted by Gasteiger charge is 2.33. The van der Waals surface area contributed by atoms with Gasteiger partial charge in [0.1, 0.15) is 5.75 Å². The highest BCUT2D eigenvalue weighted by atomic mass is 19.4. The van der Waals surface area contributed by atoms with Gasteiger partial charge in [-0.05, 0) is 50.2 Å². The molecule has 2 aromatic carbocycles. The first-order chi connectivity index (χ1) is 11.8. The number of nitrogens with one attached hydrogen (secondary N) is 2. The third-order valence-corrected chi connectivity index (χ3v) is 3.18. The molecule has 4 nitrogen and oxygen atoms in total. The smallest absolute Gasteiger partial charge is 0.418 e. The number of carbonyl (C=O) groups is 1. The Kier molecular flexibility index (Phi) is 5.90. The van der Waals surface area contributed by atoms with Crippen molar-refractivity contribution in [1.82, 2.24) is 0 Å². The first-order valence-corrected chi connectivity index (χ1v) is 7.72. The van der Waals surface area contributed by atoms with Gasteiger partial charge in [-0.15, -0.1) is 0 Å². The second kappa shape index (κ2) is 7.92. The molecule has 0 radical (unpaired) electrons. The average Bonchev–Trinajstić information content (AvgIpc) is 2.54. The Balaban J connectivity index is 1.93. The van der Waals surface area contributed by atoms with E-state index < -0.39 is 17.6 Å². The zero-order valence-electron chi connectivity index (χ0n) is 13.9. The third-order valence-electron chi connectivity index (χ3n) is 3.18. The van der Waals surface area contributed by atoms with E-state index in [-0.39, 0.29) is 18.3 Å². The van der Waals surface area contributed by atoms with Crippen LogP contribution in [0.25, 0.3) is 0 Å². The Morgan fingerprint density at radius 3 is 2.32 bits per heavy atom. The first-order valence-electron chi connectivity index (χ1n) is 7.72. The van der Waals surface area contributed by atoms with Gasteiger partial charge in [0.05, 0.1) is 18.2 Å². The number of ether oxygens (including phenoxy) is 1. The molecule has 0 aliphatic heterocycles. The molecule has 0 atom stereocenters. The number of alkyl halides is 3. The fourth-order valence-electron chi connectivity index (χ4n) is 2.15. The summed E-state index contributed by atoms with van der Waals surface area (Å²) >= 11 is 0. The van der Waals surface area contributed by atoms with Crippen LogP contribution < -0.4 is 15.4 Å². The lowest BCUT2D eigenvalue weighted by molar-refractivity contribution is -0.137. The van der Waals surface area contributed by atoms with Gasteiger partial charge < -0.3 is 15.4 Å². The number of carbonyl (C=O) groups excluding carboxylic acids is 1. The zero-order chi connectivity index (χ0) is 18.4. The van der Waals surface area contributed by atoms with E-state index in [1.165, 1.54) is 18.2 Å². The minimum absolute atomic E-state index is 0.0401. The predicted octanol–water partition coefficient (Wildman–Crippen LogP) is 4.54. The monoisotopic (exact) mass is 352 g/mol. The van der Waals surface area contributed by atoms with Gasteiger partial charge in [-0.25, -0.2) is 0 Å². The molecule has 0 aliphatic carbocycles. The van der Waals surface area contributed by atoms with Crippen molar-refractivity contribution in [2.24, 2.45) is 0 Å². The van der Waals surface area contributed by atoms with Crippen LogP contribution in [-0.2, 0) is 11.0 Å². The molecular formula is C18H19F3N2O2. The molecule has 0 fully saturated rings. The molecule has 0 heterocycles. The van der Waals surface area contributed by atoms with E-state index in [0.717, 1.165) is 6.07 Å². The molecule has 7 heteroatoms. The second-order valence-corrected chi connectivity index (χ2v) is 5.64. The summed E-state index contributed by atoms with van der Waals surface area (Å²) in [5.74, 6) is 0.222. The molecule has 0 spiro atoms. The molecule has 25 heavy (non-hydrogen) atoms. The molecule has 0 aromatic heterocycles. The lowest BCUT2D eigenvalue weighted by Gasteiger charge is -2.14. The molecule has 134 valence electrons. The van der Waals surface area contributed by atoms with Gasteiger partial charge >= 0.3 is 6.18 Å². The normalized spacial score (nSPS) is 11.3. The Bertz CT molecular complexity index is 713. The Morgan fingerprint density at radius 1 is 1.08 bits per heavy atom. The number of hydrogen-bond acceptors (Lipinski definition) is 3. The summed E-state index contributed by atoms with van der Waals surface area (Å²) < 4.78 is 44.2. The van der Waals surface area contributed by atoms with Crippen LogP contribution in [0.2, 0.25) is 0 Å². The van der Waals surface area contributed by atoms with Crippen molar-refractivity contribution in [3.05, 3.63) is 54.1 Å². The number of benzene rings is 2. The van der Waals surface area contributed by atoms with E-state index in [2.05, 4.69) is 10.6 Å². The molecule has 0 aliphatic rings. The molecule has 0 bridgehead atoms. The topological polar surface area (TPSA) is 50.4 Å². The van der Waals surface area contributed by atoms with E-state index in [1.54, 1.807) is 24.3 Å². The fraction of sp³-hybridized carbons (Fsp3) is 0.278. The van der Waals surface area contributed by atoms with Gasteiger partial charge in [0.2, 0.25) is 5.91 Å². The number of halogens is 3. The molecule has 2 rings (SSSR count). The summed E-state index contributed by atoms with van der Waals surface area (Å²) in [5, 5.41) is 5.13. The predicted molar refractivity (Wildman–Crippen MR) is 90.8 cm³/mol. The number of hydrogen-bond donors (Lipinski definition) is 2. The molecule has 2 aromatic rings. The van der Waals surface area contributed by atoms with Crippen molar-refractivity contribution >= 4 is 17.3 Å². The molecular weight excluding hydrogens is 333 g/mol.